The molecular weight excluding hydrogens is 242 g/mol. The van der Waals surface area contributed by atoms with Crippen molar-refractivity contribution in [1.29, 1.82) is 0 Å². The fourth-order valence-electron chi connectivity index (χ4n) is 2.33. The van der Waals surface area contributed by atoms with Crippen LogP contribution in [0.4, 0.5) is 0 Å². The van der Waals surface area contributed by atoms with E-state index < -0.39 is 0 Å². The zero-order valence-corrected chi connectivity index (χ0v) is 11.5. The van der Waals surface area contributed by atoms with Crippen LogP contribution in [0.15, 0.2) is 18.2 Å². The van der Waals surface area contributed by atoms with E-state index >= 15 is 0 Å². The van der Waals surface area contributed by atoms with Gasteiger partial charge in [-0.2, -0.15) is 0 Å². The van der Waals surface area contributed by atoms with Crippen LogP contribution < -0.4 is 10.1 Å². The van der Waals surface area contributed by atoms with Crippen molar-refractivity contribution in [3.63, 3.8) is 0 Å². The van der Waals surface area contributed by atoms with Gasteiger partial charge in [0.25, 0.3) is 5.91 Å². The molecule has 1 aliphatic rings. The molecule has 0 heterocycles. The van der Waals surface area contributed by atoms with Gasteiger partial charge in [0.15, 0.2) is 0 Å². The lowest BCUT2D eigenvalue weighted by atomic mass is 10.1. The highest BCUT2D eigenvalue weighted by atomic mass is 16.5. The molecule has 2 N–H and O–H groups in total. The maximum atomic E-state index is 12.2. The Balaban J connectivity index is 2.06. The summed E-state index contributed by atoms with van der Waals surface area (Å²) in [6.07, 6.45) is 2.92. The van der Waals surface area contributed by atoms with Crippen molar-refractivity contribution in [2.24, 2.45) is 5.92 Å². The molecule has 4 heteroatoms. The van der Waals surface area contributed by atoms with E-state index in [-0.39, 0.29) is 18.6 Å². The first-order chi connectivity index (χ1) is 9.15. The maximum absolute atomic E-state index is 12.2. The van der Waals surface area contributed by atoms with E-state index in [1.54, 1.807) is 19.2 Å². The first-order valence-electron chi connectivity index (χ1n) is 6.72. The maximum Gasteiger partial charge on any atom is 0.251 e. The van der Waals surface area contributed by atoms with Gasteiger partial charge in [0.1, 0.15) is 5.75 Å². The molecule has 0 spiro atoms. The number of rotatable bonds is 6. The Labute approximate surface area is 113 Å². The van der Waals surface area contributed by atoms with Crippen LogP contribution in [0.3, 0.4) is 0 Å². The Morgan fingerprint density at radius 1 is 1.53 bits per heavy atom. The summed E-state index contributed by atoms with van der Waals surface area (Å²) in [5.74, 6) is 1.23. The lowest BCUT2D eigenvalue weighted by Gasteiger charge is -2.18. The Kier molecular flexibility index (Phi) is 4.43. The minimum atomic E-state index is -0.0643. The molecule has 0 aromatic heterocycles. The molecule has 0 bridgehead atoms. The summed E-state index contributed by atoms with van der Waals surface area (Å²) < 4.78 is 5.13. The van der Waals surface area contributed by atoms with E-state index in [2.05, 4.69) is 5.32 Å². The van der Waals surface area contributed by atoms with Crippen molar-refractivity contribution in [3.8, 4) is 5.75 Å². The Bertz CT molecular complexity index is 455. The quantitative estimate of drug-likeness (QED) is 0.824. The van der Waals surface area contributed by atoms with E-state index in [0.29, 0.717) is 17.9 Å². The molecule has 1 saturated carbocycles. The minimum Gasteiger partial charge on any atom is -0.497 e. The van der Waals surface area contributed by atoms with E-state index in [1.807, 2.05) is 13.0 Å². The van der Waals surface area contributed by atoms with E-state index in [1.165, 1.54) is 0 Å². The molecule has 1 aromatic rings. The molecule has 0 radical (unpaired) electrons. The number of aliphatic hydroxyl groups is 1. The molecule has 1 fully saturated rings. The summed E-state index contributed by atoms with van der Waals surface area (Å²) in [4.78, 5) is 12.2. The van der Waals surface area contributed by atoms with Gasteiger partial charge in [-0.15, -0.1) is 0 Å². The molecule has 0 saturated heterocycles. The van der Waals surface area contributed by atoms with Crippen LogP contribution in [0, 0.1) is 12.8 Å². The summed E-state index contributed by atoms with van der Waals surface area (Å²) in [6, 6.07) is 5.53. The number of benzene rings is 1. The fourth-order valence-corrected chi connectivity index (χ4v) is 2.33. The molecule has 104 valence electrons. The Morgan fingerprint density at radius 2 is 2.26 bits per heavy atom. The zero-order valence-electron chi connectivity index (χ0n) is 11.5. The van der Waals surface area contributed by atoms with Gasteiger partial charge in [-0.3, -0.25) is 4.79 Å². The van der Waals surface area contributed by atoms with Crippen LogP contribution in [0.5, 0.6) is 5.75 Å². The lowest BCUT2D eigenvalue weighted by Crippen LogP contribution is -2.37. The second kappa shape index (κ2) is 6.06. The topological polar surface area (TPSA) is 58.6 Å². The molecule has 1 aromatic carbocycles. The van der Waals surface area contributed by atoms with Gasteiger partial charge in [0.05, 0.1) is 7.11 Å². The third-order valence-corrected chi connectivity index (χ3v) is 3.63. The predicted molar refractivity (Wildman–Crippen MR) is 73.4 cm³/mol. The summed E-state index contributed by atoms with van der Waals surface area (Å²) in [5.41, 5.74) is 1.57. The second-order valence-corrected chi connectivity index (χ2v) is 5.11. The number of aliphatic hydroxyl groups excluding tert-OH is 1. The van der Waals surface area contributed by atoms with Crippen molar-refractivity contribution in [1.82, 2.24) is 5.32 Å². The number of nitrogens with one attached hydrogen (secondary N) is 1. The predicted octanol–water partition coefficient (Wildman–Crippen LogP) is 1.89. The molecule has 1 unspecified atom stereocenters. The Hall–Kier alpha value is -1.55. The lowest BCUT2D eigenvalue weighted by molar-refractivity contribution is 0.0923. The van der Waals surface area contributed by atoms with Crippen LogP contribution in [-0.4, -0.2) is 30.8 Å². The van der Waals surface area contributed by atoms with E-state index in [4.69, 9.17) is 9.84 Å². The molecular formula is C15H21NO3. The van der Waals surface area contributed by atoms with Gasteiger partial charge in [-0.05, 0) is 55.9 Å². The number of hydrogen-bond donors (Lipinski definition) is 2. The molecule has 2 rings (SSSR count). The summed E-state index contributed by atoms with van der Waals surface area (Å²) in [5, 5.41) is 12.1. The summed E-state index contributed by atoms with van der Waals surface area (Å²) in [6.45, 7) is 2.01. The van der Waals surface area contributed by atoms with Crippen molar-refractivity contribution < 1.29 is 14.6 Å². The van der Waals surface area contributed by atoms with Crippen LogP contribution in [0.25, 0.3) is 0 Å². The van der Waals surface area contributed by atoms with Crippen molar-refractivity contribution in [2.75, 3.05) is 13.7 Å². The van der Waals surface area contributed by atoms with E-state index in [9.17, 15) is 4.79 Å². The van der Waals surface area contributed by atoms with Gasteiger partial charge >= 0.3 is 0 Å². The average Bonchev–Trinajstić information content (AvgIpc) is 3.22. The first kappa shape index (κ1) is 13.9. The van der Waals surface area contributed by atoms with Crippen LogP contribution in [0.2, 0.25) is 0 Å². The van der Waals surface area contributed by atoms with Gasteiger partial charge in [0.2, 0.25) is 0 Å². The molecule has 1 amide bonds. The summed E-state index contributed by atoms with van der Waals surface area (Å²) >= 11 is 0. The number of carbonyl (C=O) groups excluding carboxylic acids is 1. The van der Waals surface area contributed by atoms with Crippen LogP contribution >= 0.6 is 0 Å². The fraction of sp³-hybridized carbons (Fsp3) is 0.533. The monoisotopic (exact) mass is 263 g/mol. The standard InChI is InChI=1S/C15H21NO3/c1-10-9-12(19-2)5-6-13(10)15(18)16-14(7-8-17)11-3-4-11/h5-6,9,11,14,17H,3-4,7-8H2,1-2H3,(H,16,18). The second-order valence-electron chi connectivity index (χ2n) is 5.11. The zero-order chi connectivity index (χ0) is 13.8. The van der Waals surface area contributed by atoms with E-state index in [0.717, 1.165) is 24.2 Å². The molecule has 1 atom stereocenters. The van der Waals surface area contributed by atoms with Crippen LogP contribution in [0.1, 0.15) is 35.2 Å². The van der Waals surface area contributed by atoms with Gasteiger partial charge < -0.3 is 15.2 Å². The van der Waals surface area contributed by atoms with Crippen LogP contribution in [-0.2, 0) is 0 Å². The number of hydrogen-bond acceptors (Lipinski definition) is 3. The highest BCUT2D eigenvalue weighted by molar-refractivity contribution is 5.96. The highest BCUT2D eigenvalue weighted by Gasteiger charge is 2.32. The number of aryl methyl sites for hydroxylation is 1. The number of ether oxygens (including phenoxy) is 1. The highest BCUT2D eigenvalue weighted by Crippen LogP contribution is 2.34. The number of methoxy groups -OCH3 is 1. The molecule has 19 heavy (non-hydrogen) atoms. The smallest absolute Gasteiger partial charge is 0.251 e. The minimum absolute atomic E-state index is 0.0643. The number of carbonyl (C=O) groups is 1. The van der Waals surface area contributed by atoms with Gasteiger partial charge in [0, 0.05) is 18.2 Å². The van der Waals surface area contributed by atoms with Crippen molar-refractivity contribution in [3.05, 3.63) is 29.3 Å². The molecule has 4 nitrogen and oxygen atoms in total. The first-order valence-corrected chi connectivity index (χ1v) is 6.72. The van der Waals surface area contributed by atoms with Crippen molar-refractivity contribution in [2.45, 2.75) is 32.2 Å². The van der Waals surface area contributed by atoms with Crippen molar-refractivity contribution >= 4 is 5.91 Å². The largest absolute Gasteiger partial charge is 0.497 e. The molecule has 1 aliphatic carbocycles. The normalized spacial score (nSPS) is 15.9. The Morgan fingerprint density at radius 3 is 2.79 bits per heavy atom. The SMILES string of the molecule is COc1ccc(C(=O)NC(CCO)C2CC2)c(C)c1. The molecule has 0 aliphatic heterocycles. The number of amides is 1. The average molecular weight is 263 g/mol. The van der Waals surface area contributed by atoms with Gasteiger partial charge in [-0.25, -0.2) is 0 Å². The third kappa shape index (κ3) is 3.47. The third-order valence-electron chi connectivity index (χ3n) is 3.63. The van der Waals surface area contributed by atoms with Gasteiger partial charge in [-0.1, -0.05) is 0 Å². The summed E-state index contributed by atoms with van der Waals surface area (Å²) in [7, 11) is 1.61.